The summed E-state index contributed by atoms with van der Waals surface area (Å²) in [7, 11) is 0. The molecule has 0 saturated carbocycles. The first-order chi connectivity index (χ1) is 12.5. The fraction of sp³-hybridized carbons (Fsp3) is 0.478. The minimum absolute atomic E-state index is 0.0229. The van der Waals surface area contributed by atoms with Gasteiger partial charge in [0.15, 0.2) is 0 Å². The second-order valence-corrected chi connectivity index (χ2v) is 8.58. The lowest BCUT2D eigenvalue weighted by Crippen LogP contribution is -2.20. The number of rotatable bonds is 8. The van der Waals surface area contributed by atoms with Crippen LogP contribution in [0.1, 0.15) is 72.4 Å². The predicted octanol–water partition coefficient (Wildman–Crippen LogP) is 6.32. The van der Waals surface area contributed by atoms with E-state index in [1.165, 1.54) is 11.8 Å². The molecule has 1 aromatic rings. The Morgan fingerprint density at radius 3 is 2.37 bits per heavy atom. The number of anilines is 1. The van der Waals surface area contributed by atoms with E-state index in [-0.39, 0.29) is 16.6 Å². The van der Waals surface area contributed by atoms with Crippen molar-refractivity contribution < 1.29 is 5.11 Å². The first-order valence-electron chi connectivity index (χ1n) is 9.55. The quantitative estimate of drug-likeness (QED) is 0.217. The molecule has 0 spiro atoms. The first-order valence-corrected chi connectivity index (χ1v) is 9.55. The van der Waals surface area contributed by atoms with Gasteiger partial charge in [0.05, 0.1) is 11.4 Å². The second-order valence-electron chi connectivity index (χ2n) is 8.58. The van der Waals surface area contributed by atoms with Gasteiger partial charge in [-0.3, -0.25) is 5.43 Å². The van der Waals surface area contributed by atoms with Crippen LogP contribution in [-0.4, -0.2) is 17.0 Å². The molecule has 0 aliphatic carbocycles. The highest BCUT2D eigenvalue weighted by Crippen LogP contribution is 2.41. The number of nitrogens with one attached hydrogen (secondary N) is 2. The zero-order valence-electron chi connectivity index (χ0n) is 17.9. The minimum Gasteiger partial charge on any atom is -0.505 e. The zero-order chi connectivity index (χ0) is 20.7. The summed E-state index contributed by atoms with van der Waals surface area (Å²) >= 11 is 0. The van der Waals surface area contributed by atoms with Crippen molar-refractivity contribution in [2.45, 2.75) is 72.1 Å². The maximum atomic E-state index is 10.8. The molecule has 0 aromatic heterocycles. The summed E-state index contributed by atoms with van der Waals surface area (Å²) in [5, 5.41) is 22.2. The number of hydrogen-bond donors (Lipinski definition) is 3. The van der Waals surface area contributed by atoms with E-state index in [0.717, 1.165) is 24.1 Å². The van der Waals surface area contributed by atoms with E-state index in [2.05, 4.69) is 58.1 Å². The summed E-state index contributed by atoms with van der Waals surface area (Å²) in [6.45, 7) is 14.9. The van der Waals surface area contributed by atoms with Crippen molar-refractivity contribution >= 4 is 17.6 Å². The van der Waals surface area contributed by atoms with E-state index >= 15 is 0 Å². The van der Waals surface area contributed by atoms with Crippen LogP contribution in [0.5, 0.6) is 5.75 Å². The zero-order valence-corrected chi connectivity index (χ0v) is 17.9. The maximum Gasteiger partial charge on any atom is 0.144 e. The molecule has 0 radical (unpaired) electrons. The van der Waals surface area contributed by atoms with Gasteiger partial charge in [0.25, 0.3) is 0 Å². The van der Waals surface area contributed by atoms with Crippen LogP contribution >= 0.6 is 0 Å². The van der Waals surface area contributed by atoms with Crippen molar-refractivity contribution in [1.82, 2.24) is 0 Å². The standard InChI is InChI=1S/C23H35N3O/c1-8-13-23(6,7)18-15-19(22(3,4)5)21(27)20(16-18)26-25-17(2)12-10-9-11-14-24/h9-12,14-16,24,26-27H,8,13H2,1-7H3/b11-9-,12-10-,24-14?,25-17+. The van der Waals surface area contributed by atoms with Crippen LogP contribution < -0.4 is 5.43 Å². The van der Waals surface area contributed by atoms with Gasteiger partial charge in [-0.25, -0.2) is 0 Å². The average Bonchev–Trinajstić information content (AvgIpc) is 2.56. The van der Waals surface area contributed by atoms with Crippen LogP contribution in [0.15, 0.2) is 41.5 Å². The maximum absolute atomic E-state index is 10.8. The Morgan fingerprint density at radius 2 is 1.81 bits per heavy atom. The Bertz CT molecular complexity index is 735. The molecule has 0 saturated heterocycles. The highest BCUT2D eigenvalue weighted by Gasteiger charge is 2.26. The number of hydrazone groups is 1. The molecule has 0 unspecified atom stereocenters. The summed E-state index contributed by atoms with van der Waals surface area (Å²) in [6, 6.07) is 4.14. The van der Waals surface area contributed by atoms with Crippen LogP contribution in [0.4, 0.5) is 5.69 Å². The highest BCUT2D eigenvalue weighted by molar-refractivity contribution is 5.93. The van der Waals surface area contributed by atoms with Crippen molar-refractivity contribution in [3.8, 4) is 5.75 Å². The number of allylic oxidation sites excluding steroid dienone is 4. The van der Waals surface area contributed by atoms with Crippen molar-refractivity contribution in [2.75, 3.05) is 5.43 Å². The van der Waals surface area contributed by atoms with Crippen LogP contribution in [-0.2, 0) is 10.8 Å². The first kappa shape index (κ1) is 22.7. The molecule has 1 rings (SSSR count). The smallest absolute Gasteiger partial charge is 0.144 e. The molecule has 27 heavy (non-hydrogen) atoms. The number of hydrogen-bond acceptors (Lipinski definition) is 4. The van der Waals surface area contributed by atoms with Gasteiger partial charge in [0.2, 0.25) is 0 Å². The number of phenols is 1. The molecule has 148 valence electrons. The normalized spacial score (nSPS) is 13.5. The molecule has 0 aliphatic heterocycles. The molecule has 0 bridgehead atoms. The molecular weight excluding hydrogens is 334 g/mol. The van der Waals surface area contributed by atoms with Gasteiger partial charge in [0, 0.05) is 11.8 Å². The highest BCUT2D eigenvalue weighted by atomic mass is 16.3. The predicted molar refractivity (Wildman–Crippen MR) is 119 cm³/mol. The summed E-state index contributed by atoms with van der Waals surface area (Å²) in [5.41, 5.74) is 6.42. The number of benzene rings is 1. The molecule has 3 N–H and O–H groups in total. The van der Waals surface area contributed by atoms with Crippen molar-refractivity contribution in [3.63, 3.8) is 0 Å². The number of phenolic OH excluding ortho intramolecular Hbond substituents is 1. The van der Waals surface area contributed by atoms with E-state index in [4.69, 9.17) is 5.41 Å². The Kier molecular flexibility index (Phi) is 8.01. The van der Waals surface area contributed by atoms with E-state index < -0.39 is 0 Å². The molecular formula is C23H35N3O. The van der Waals surface area contributed by atoms with Crippen LogP contribution in [0.3, 0.4) is 0 Å². The van der Waals surface area contributed by atoms with E-state index in [1.807, 2.05) is 25.1 Å². The summed E-state index contributed by atoms with van der Waals surface area (Å²) in [5.74, 6) is 0.253. The Labute approximate surface area is 164 Å². The topological polar surface area (TPSA) is 68.5 Å². The van der Waals surface area contributed by atoms with Gasteiger partial charge in [0.1, 0.15) is 5.75 Å². The summed E-state index contributed by atoms with van der Waals surface area (Å²) in [4.78, 5) is 0. The molecule has 4 heteroatoms. The molecule has 4 nitrogen and oxygen atoms in total. The van der Waals surface area contributed by atoms with Gasteiger partial charge in [-0.2, -0.15) is 5.10 Å². The average molecular weight is 370 g/mol. The third-order valence-electron chi connectivity index (χ3n) is 4.58. The third kappa shape index (κ3) is 6.70. The van der Waals surface area contributed by atoms with Gasteiger partial charge < -0.3 is 10.5 Å². The van der Waals surface area contributed by atoms with Crippen molar-refractivity contribution in [1.29, 1.82) is 5.41 Å². The number of nitrogens with zero attached hydrogens (tertiary/aromatic N) is 1. The molecule has 0 aliphatic rings. The van der Waals surface area contributed by atoms with E-state index in [0.29, 0.717) is 5.69 Å². The largest absolute Gasteiger partial charge is 0.505 e. The molecule has 1 aromatic carbocycles. The van der Waals surface area contributed by atoms with Crippen molar-refractivity contribution in [2.24, 2.45) is 5.10 Å². The van der Waals surface area contributed by atoms with E-state index in [1.54, 1.807) is 12.2 Å². The van der Waals surface area contributed by atoms with Crippen molar-refractivity contribution in [3.05, 3.63) is 47.6 Å². The Balaban J connectivity index is 3.31. The fourth-order valence-electron chi connectivity index (χ4n) is 2.95. The lowest BCUT2D eigenvalue weighted by Gasteiger charge is -2.29. The lowest BCUT2D eigenvalue weighted by molar-refractivity contribution is 0.441. The minimum atomic E-state index is -0.172. The Morgan fingerprint density at radius 1 is 1.15 bits per heavy atom. The van der Waals surface area contributed by atoms with Crippen LogP contribution in [0, 0.1) is 5.41 Å². The molecule has 0 amide bonds. The molecule has 0 atom stereocenters. The molecule has 0 heterocycles. The third-order valence-corrected chi connectivity index (χ3v) is 4.58. The van der Waals surface area contributed by atoms with Gasteiger partial charge >= 0.3 is 0 Å². The summed E-state index contributed by atoms with van der Waals surface area (Å²) in [6.07, 6.45) is 10.5. The molecule has 0 fully saturated rings. The van der Waals surface area contributed by atoms with E-state index in [9.17, 15) is 5.11 Å². The summed E-state index contributed by atoms with van der Waals surface area (Å²) < 4.78 is 0. The fourth-order valence-corrected chi connectivity index (χ4v) is 2.95. The lowest BCUT2D eigenvalue weighted by atomic mass is 9.76. The van der Waals surface area contributed by atoms with Gasteiger partial charge in [-0.15, -0.1) is 0 Å². The monoisotopic (exact) mass is 369 g/mol. The number of aromatic hydroxyl groups is 1. The van der Waals surface area contributed by atoms with Crippen LogP contribution in [0.25, 0.3) is 0 Å². The van der Waals surface area contributed by atoms with Gasteiger partial charge in [-0.1, -0.05) is 66.2 Å². The second kappa shape index (κ2) is 9.54. The van der Waals surface area contributed by atoms with Gasteiger partial charge in [-0.05, 0) is 48.0 Å². The SMILES string of the molecule is CCCC(C)(C)c1cc(N/N=C(C)/C=C\C=C/C=N)c(O)c(C(C)(C)C)c1. The Hall–Kier alpha value is -2.36. The van der Waals surface area contributed by atoms with Crippen LogP contribution in [0.2, 0.25) is 0 Å².